The molecule has 1 heterocycles. The van der Waals surface area contributed by atoms with Crippen LogP contribution >= 0.6 is 0 Å². The van der Waals surface area contributed by atoms with E-state index < -0.39 is 0 Å². The molecule has 2 unspecified atom stereocenters. The second-order valence-corrected chi connectivity index (χ2v) is 5.29. The Balaban J connectivity index is 2.24. The Kier molecular flexibility index (Phi) is 5.92. The van der Waals surface area contributed by atoms with Gasteiger partial charge >= 0.3 is 5.97 Å². The van der Waals surface area contributed by atoms with Crippen LogP contribution in [0.15, 0.2) is 0 Å². The van der Waals surface area contributed by atoms with Crippen molar-refractivity contribution in [1.82, 2.24) is 9.80 Å². The minimum absolute atomic E-state index is 0.0286. The molecule has 0 saturated carbocycles. The van der Waals surface area contributed by atoms with Gasteiger partial charge in [0.1, 0.15) is 0 Å². The molecule has 0 aromatic heterocycles. The molecule has 0 aliphatic carbocycles. The van der Waals surface area contributed by atoms with E-state index in [4.69, 9.17) is 4.74 Å². The molecule has 1 rings (SSSR count). The summed E-state index contributed by atoms with van der Waals surface area (Å²) in [5.41, 5.74) is 0. The van der Waals surface area contributed by atoms with E-state index in [0.29, 0.717) is 6.61 Å². The molecule has 0 bridgehead atoms. The van der Waals surface area contributed by atoms with Gasteiger partial charge < -0.3 is 14.5 Å². The second kappa shape index (κ2) is 6.97. The third kappa shape index (κ3) is 5.04. The lowest BCUT2D eigenvalue weighted by Crippen LogP contribution is -2.34. The van der Waals surface area contributed by atoms with Crippen LogP contribution in [-0.4, -0.2) is 62.7 Å². The molecule has 1 fully saturated rings. The number of rotatable bonds is 6. The number of nitrogens with zero attached hydrogens (tertiary/aromatic N) is 2. The highest BCUT2D eigenvalue weighted by Crippen LogP contribution is 2.15. The number of ether oxygens (including phenoxy) is 1. The second-order valence-electron chi connectivity index (χ2n) is 5.29. The van der Waals surface area contributed by atoms with Gasteiger partial charge in [0.2, 0.25) is 0 Å². The monoisotopic (exact) mass is 242 g/mol. The van der Waals surface area contributed by atoms with Gasteiger partial charge in [0.15, 0.2) is 0 Å². The van der Waals surface area contributed by atoms with Gasteiger partial charge in [0, 0.05) is 19.6 Å². The van der Waals surface area contributed by atoms with Crippen LogP contribution in [0, 0.1) is 11.8 Å². The van der Waals surface area contributed by atoms with Crippen molar-refractivity contribution in [3.63, 3.8) is 0 Å². The van der Waals surface area contributed by atoms with Crippen molar-refractivity contribution in [1.29, 1.82) is 0 Å². The largest absolute Gasteiger partial charge is 0.466 e. The molecule has 1 aliphatic heterocycles. The number of hydrogen-bond acceptors (Lipinski definition) is 4. The minimum Gasteiger partial charge on any atom is -0.466 e. The lowest BCUT2D eigenvalue weighted by Gasteiger charge is -2.23. The fraction of sp³-hybridized carbons (Fsp3) is 0.923. The summed E-state index contributed by atoms with van der Waals surface area (Å²) in [5, 5.41) is 0. The lowest BCUT2D eigenvalue weighted by molar-refractivity contribution is -0.147. The van der Waals surface area contributed by atoms with Crippen LogP contribution in [0.5, 0.6) is 0 Å². The highest BCUT2D eigenvalue weighted by Gasteiger charge is 2.22. The van der Waals surface area contributed by atoms with Crippen LogP contribution in [0.1, 0.15) is 20.3 Å². The predicted molar refractivity (Wildman–Crippen MR) is 68.9 cm³/mol. The van der Waals surface area contributed by atoms with Crippen molar-refractivity contribution in [2.24, 2.45) is 11.8 Å². The summed E-state index contributed by atoms with van der Waals surface area (Å²) in [4.78, 5) is 16.1. The molecule has 100 valence electrons. The first-order valence-corrected chi connectivity index (χ1v) is 6.56. The number of likely N-dealkylation sites (tertiary alicyclic amines) is 1. The van der Waals surface area contributed by atoms with E-state index >= 15 is 0 Å². The molecule has 0 aromatic rings. The van der Waals surface area contributed by atoms with Crippen molar-refractivity contribution >= 4 is 5.97 Å². The molecule has 2 atom stereocenters. The van der Waals surface area contributed by atoms with E-state index in [-0.39, 0.29) is 11.9 Å². The Labute approximate surface area is 105 Å². The smallest absolute Gasteiger partial charge is 0.309 e. The summed E-state index contributed by atoms with van der Waals surface area (Å²) in [5.74, 6) is 0.640. The van der Waals surface area contributed by atoms with Crippen molar-refractivity contribution in [2.45, 2.75) is 20.3 Å². The van der Waals surface area contributed by atoms with E-state index in [1.54, 1.807) is 0 Å². The topological polar surface area (TPSA) is 32.8 Å². The standard InChI is InChI=1S/C13H26N2O2/c1-5-17-13(16)11(2)8-15(4)10-12-6-7-14(3)9-12/h11-12H,5-10H2,1-4H3. The molecule has 17 heavy (non-hydrogen) atoms. The number of esters is 1. The van der Waals surface area contributed by atoms with Gasteiger partial charge in [-0.1, -0.05) is 6.92 Å². The van der Waals surface area contributed by atoms with Crippen molar-refractivity contribution in [3.05, 3.63) is 0 Å². The molecule has 0 amide bonds. The van der Waals surface area contributed by atoms with Gasteiger partial charge in [0.05, 0.1) is 12.5 Å². The average molecular weight is 242 g/mol. The van der Waals surface area contributed by atoms with Gasteiger partial charge in [-0.05, 0) is 39.9 Å². The van der Waals surface area contributed by atoms with Gasteiger partial charge in [-0.3, -0.25) is 4.79 Å². The fourth-order valence-corrected chi connectivity index (χ4v) is 2.52. The van der Waals surface area contributed by atoms with Crippen LogP contribution in [0.2, 0.25) is 0 Å². The normalized spacial score (nSPS) is 23.0. The molecule has 4 heteroatoms. The quantitative estimate of drug-likeness (QED) is 0.652. The van der Waals surface area contributed by atoms with Gasteiger partial charge in [-0.15, -0.1) is 0 Å². The van der Waals surface area contributed by atoms with E-state index in [0.717, 1.165) is 19.0 Å². The third-order valence-corrected chi connectivity index (χ3v) is 3.33. The molecule has 1 aliphatic rings. The fourth-order valence-electron chi connectivity index (χ4n) is 2.52. The summed E-state index contributed by atoms with van der Waals surface area (Å²) in [7, 11) is 4.26. The molecular formula is C13H26N2O2. The van der Waals surface area contributed by atoms with Crippen molar-refractivity contribution in [3.8, 4) is 0 Å². The van der Waals surface area contributed by atoms with Gasteiger partial charge in [-0.25, -0.2) is 0 Å². The Morgan fingerprint density at radius 3 is 2.82 bits per heavy atom. The molecule has 4 nitrogen and oxygen atoms in total. The molecule has 0 N–H and O–H groups in total. The van der Waals surface area contributed by atoms with E-state index in [1.165, 1.54) is 19.5 Å². The first-order chi connectivity index (χ1) is 8.02. The van der Waals surface area contributed by atoms with E-state index in [9.17, 15) is 4.79 Å². The molecular weight excluding hydrogens is 216 g/mol. The number of carbonyl (C=O) groups is 1. The summed E-state index contributed by atoms with van der Waals surface area (Å²) in [6.45, 7) is 8.51. The van der Waals surface area contributed by atoms with Crippen LogP contribution < -0.4 is 0 Å². The summed E-state index contributed by atoms with van der Waals surface area (Å²) < 4.78 is 5.02. The maximum Gasteiger partial charge on any atom is 0.309 e. The predicted octanol–water partition coefficient (Wildman–Crippen LogP) is 1.07. The zero-order chi connectivity index (χ0) is 12.8. The van der Waals surface area contributed by atoms with E-state index in [1.807, 2.05) is 13.8 Å². The summed E-state index contributed by atoms with van der Waals surface area (Å²) in [6, 6.07) is 0. The Morgan fingerprint density at radius 2 is 2.29 bits per heavy atom. The van der Waals surface area contributed by atoms with E-state index in [2.05, 4.69) is 23.9 Å². The summed E-state index contributed by atoms with van der Waals surface area (Å²) >= 11 is 0. The van der Waals surface area contributed by atoms with Crippen LogP contribution in [0.4, 0.5) is 0 Å². The summed E-state index contributed by atoms with van der Waals surface area (Å²) in [6.07, 6.45) is 1.27. The lowest BCUT2D eigenvalue weighted by atomic mass is 10.1. The van der Waals surface area contributed by atoms with Gasteiger partial charge in [-0.2, -0.15) is 0 Å². The number of carbonyl (C=O) groups excluding carboxylic acids is 1. The molecule has 0 spiro atoms. The first-order valence-electron chi connectivity index (χ1n) is 6.56. The van der Waals surface area contributed by atoms with Crippen molar-refractivity contribution < 1.29 is 9.53 Å². The van der Waals surface area contributed by atoms with Gasteiger partial charge in [0.25, 0.3) is 0 Å². The molecule has 0 aromatic carbocycles. The van der Waals surface area contributed by atoms with Crippen molar-refractivity contribution in [2.75, 3.05) is 46.9 Å². The SMILES string of the molecule is CCOC(=O)C(C)CN(C)CC1CCN(C)C1. The maximum absolute atomic E-state index is 11.5. The molecule has 0 radical (unpaired) electrons. The Hall–Kier alpha value is -0.610. The number of hydrogen-bond donors (Lipinski definition) is 0. The maximum atomic E-state index is 11.5. The zero-order valence-corrected chi connectivity index (χ0v) is 11.6. The molecule has 1 saturated heterocycles. The van der Waals surface area contributed by atoms with Crippen LogP contribution in [0.25, 0.3) is 0 Å². The zero-order valence-electron chi connectivity index (χ0n) is 11.6. The Bertz CT molecular complexity index is 246. The minimum atomic E-state index is -0.0807. The Morgan fingerprint density at radius 1 is 1.59 bits per heavy atom. The first kappa shape index (κ1) is 14.5. The highest BCUT2D eigenvalue weighted by molar-refractivity contribution is 5.72. The van der Waals surface area contributed by atoms with Crippen LogP contribution in [0.3, 0.4) is 0 Å². The highest BCUT2D eigenvalue weighted by atomic mass is 16.5. The van der Waals surface area contributed by atoms with Crippen LogP contribution in [-0.2, 0) is 9.53 Å². The third-order valence-electron chi connectivity index (χ3n) is 3.33. The average Bonchev–Trinajstić information content (AvgIpc) is 2.64.